The minimum atomic E-state index is -0.421. The third kappa shape index (κ3) is 6.87. The van der Waals surface area contributed by atoms with Gasteiger partial charge in [0.2, 0.25) is 0 Å². The first kappa shape index (κ1) is 23.4. The molecule has 162 valence electrons. The molecule has 0 amide bonds. The van der Waals surface area contributed by atoms with Crippen molar-refractivity contribution in [3.8, 4) is 16.9 Å². The van der Waals surface area contributed by atoms with E-state index in [0.717, 1.165) is 24.8 Å². The second kappa shape index (κ2) is 12.0. The second-order valence-electron chi connectivity index (χ2n) is 7.49. The van der Waals surface area contributed by atoms with E-state index in [9.17, 15) is 14.9 Å². The normalized spacial score (nSPS) is 11.7. The number of esters is 1. The zero-order valence-corrected chi connectivity index (χ0v) is 18.1. The van der Waals surface area contributed by atoms with E-state index in [-0.39, 0.29) is 17.5 Å². The SMILES string of the molecule is CCCCCCCCC(C)Oc1ccc(-c2ccc(C(=O)OC)cc2)cc1[N+](=O)[O-]. The molecule has 0 N–H and O–H groups in total. The summed E-state index contributed by atoms with van der Waals surface area (Å²) in [5.74, 6) is -0.135. The highest BCUT2D eigenvalue weighted by atomic mass is 16.6. The van der Waals surface area contributed by atoms with E-state index in [0.29, 0.717) is 11.1 Å². The molecule has 2 rings (SSSR count). The molecule has 1 atom stereocenters. The minimum absolute atomic E-state index is 0.0562. The molecule has 0 aliphatic heterocycles. The van der Waals surface area contributed by atoms with Crippen molar-refractivity contribution in [3.63, 3.8) is 0 Å². The molecular formula is C24H31NO5. The van der Waals surface area contributed by atoms with Crippen molar-refractivity contribution in [1.82, 2.24) is 0 Å². The van der Waals surface area contributed by atoms with E-state index in [1.165, 1.54) is 38.9 Å². The predicted molar refractivity (Wildman–Crippen MR) is 118 cm³/mol. The van der Waals surface area contributed by atoms with Crippen LogP contribution >= 0.6 is 0 Å². The highest BCUT2D eigenvalue weighted by molar-refractivity contribution is 5.90. The summed E-state index contributed by atoms with van der Waals surface area (Å²) in [7, 11) is 1.33. The molecule has 6 heteroatoms. The van der Waals surface area contributed by atoms with Gasteiger partial charge in [0.1, 0.15) is 0 Å². The van der Waals surface area contributed by atoms with Crippen LogP contribution in [0.1, 0.15) is 69.2 Å². The topological polar surface area (TPSA) is 78.7 Å². The summed E-state index contributed by atoms with van der Waals surface area (Å²) in [4.78, 5) is 22.7. The van der Waals surface area contributed by atoms with Crippen LogP contribution in [0.25, 0.3) is 11.1 Å². The minimum Gasteiger partial charge on any atom is -0.484 e. The zero-order chi connectivity index (χ0) is 21.9. The van der Waals surface area contributed by atoms with Crippen LogP contribution in [0, 0.1) is 10.1 Å². The Labute approximate surface area is 178 Å². The van der Waals surface area contributed by atoms with Crippen molar-refractivity contribution in [2.75, 3.05) is 7.11 Å². The van der Waals surface area contributed by atoms with Crippen LogP contribution in [0.4, 0.5) is 5.69 Å². The fraction of sp³-hybridized carbons (Fsp3) is 0.458. The average molecular weight is 414 g/mol. The zero-order valence-electron chi connectivity index (χ0n) is 18.1. The van der Waals surface area contributed by atoms with Gasteiger partial charge in [0, 0.05) is 6.07 Å². The molecule has 0 heterocycles. The summed E-state index contributed by atoms with van der Waals surface area (Å²) in [5.41, 5.74) is 1.84. The quantitative estimate of drug-likeness (QED) is 0.170. The lowest BCUT2D eigenvalue weighted by Crippen LogP contribution is -2.12. The van der Waals surface area contributed by atoms with Crippen LogP contribution < -0.4 is 4.74 Å². The second-order valence-corrected chi connectivity index (χ2v) is 7.49. The number of carbonyl (C=O) groups is 1. The monoisotopic (exact) mass is 413 g/mol. The number of rotatable bonds is 12. The Bertz CT molecular complexity index is 832. The molecule has 0 spiro atoms. The van der Waals surface area contributed by atoms with Gasteiger partial charge >= 0.3 is 11.7 Å². The van der Waals surface area contributed by atoms with Gasteiger partial charge in [0.05, 0.1) is 23.7 Å². The Morgan fingerprint density at radius 1 is 1.00 bits per heavy atom. The van der Waals surface area contributed by atoms with Gasteiger partial charge in [-0.1, -0.05) is 57.2 Å². The van der Waals surface area contributed by atoms with Gasteiger partial charge in [0.15, 0.2) is 5.75 Å². The summed E-state index contributed by atoms with van der Waals surface area (Å²) < 4.78 is 10.6. The third-order valence-electron chi connectivity index (χ3n) is 5.09. The van der Waals surface area contributed by atoms with E-state index < -0.39 is 10.9 Å². The third-order valence-corrected chi connectivity index (χ3v) is 5.09. The van der Waals surface area contributed by atoms with Crippen molar-refractivity contribution in [2.45, 2.75) is 64.9 Å². The summed E-state index contributed by atoms with van der Waals surface area (Å²) in [6.07, 6.45) is 8.01. The number of carbonyl (C=O) groups excluding carboxylic acids is 1. The van der Waals surface area contributed by atoms with E-state index in [1.807, 2.05) is 6.92 Å². The maximum absolute atomic E-state index is 11.6. The standard InChI is InChI=1S/C24H31NO5/c1-4-5-6-7-8-9-10-18(2)30-23-16-15-21(17-22(23)25(27)28)19-11-13-20(14-12-19)24(26)29-3/h11-18H,4-10H2,1-3H3. The molecule has 6 nitrogen and oxygen atoms in total. The molecule has 0 aromatic heterocycles. The first-order chi connectivity index (χ1) is 14.5. The number of benzene rings is 2. The van der Waals surface area contributed by atoms with Gasteiger partial charge in [-0.15, -0.1) is 0 Å². The van der Waals surface area contributed by atoms with Crippen LogP contribution in [0.15, 0.2) is 42.5 Å². The number of unbranched alkanes of at least 4 members (excludes halogenated alkanes) is 5. The van der Waals surface area contributed by atoms with Gasteiger partial charge in [-0.3, -0.25) is 10.1 Å². The van der Waals surface area contributed by atoms with E-state index >= 15 is 0 Å². The van der Waals surface area contributed by atoms with Gasteiger partial charge in [-0.05, 0) is 49.1 Å². The number of ether oxygens (including phenoxy) is 2. The fourth-order valence-corrected chi connectivity index (χ4v) is 3.34. The molecule has 0 aliphatic carbocycles. The van der Waals surface area contributed by atoms with Crippen molar-refractivity contribution in [2.24, 2.45) is 0 Å². The summed E-state index contributed by atoms with van der Waals surface area (Å²) in [6, 6.07) is 11.7. The molecule has 0 radical (unpaired) electrons. The number of hydrogen-bond donors (Lipinski definition) is 0. The Balaban J connectivity index is 2.04. The largest absolute Gasteiger partial charge is 0.484 e. The number of nitro groups is 1. The lowest BCUT2D eigenvalue weighted by atomic mass is 10.0. The molecule has 1 unspecified atom stereocenters. The van der Waals surface area contributed by atoms with Crippen molar-refractivity contribution < 1.29 is 19.2 Å². The fourth-order valence-electron chi connectivity index (χ4n) is 3.34. The maximum atomic E-state index is 11.6. The average Bonchev–Trinajstić information content (AvgIpc) is 2.75. The van der Waals surface area contributed by atoms with Crippen molar-refractivity contribution >= 4 is 11.7 Å². The van der Waals surface area contributed by atoms with Crippen LogP contribution in [0.5, 0.6) is 5.75 Å². The Morgan fingerprint density at radius 2 is 1.63 bits per heavy atom. The molecule has 30 heavy (non-hydrogen) atoms. The van der Waals surface area contributed by atoms with Crippen molar-refractivity contribution in [1.29, 1.82) is 0 Å². The molecule has 0 aliphatic rings. The lowest BCUT2D eigenvalue weighted by Gasteiger charge is -2.15. The first-order valence-corrected chi connectivity index (χ1v) is 10.6. The Hall–Kier alpha value is -2.89. The number of nitro benzene ring substituents is 1. The molecule has 0 fully saturated rings. The van der Waals surface area contributed by atoms with Gasteiger partial charge in [0.25, 0.3) is 0 Å². The van der Waals surface area contributed by atoms with Crippen molar-refractivity contribution in [3.05, 3.63) is 58.1 Å². The van der Waals surface area contributed by atoms with Gasteiger partial charge in [-0.2, -0.15) is 0 Å². The molecule has 0 bridgehead atoms. The smallest absolute Gasteiger partial charge is 0.337 e. The Morgan fingerprint density at radius 3 is 2.27 bits per heavy atom. The van der Waals surface area contributed by atoms with Crippen LogP contribution in [0.2, 0.25) is 0 Å². The van der Waals surface area contributed by atoms with Gasteiger partial charge < -0.3 is 9.47 Å². The Kier molecular flexibility index (Phi) is 9.32. The number of hydrogen-bond acceptors (Lipinski definition) is 5. The number of nitrogens with zero attached hydrogens (tertiary/aromatic N) is 1. The molecular weight excluding hydrogens is 382 g/mol. The van der Waals surface area contributed by atoms with E-state index in [1.54, 1.807) is 36.4 Å². The number of methoxy groups -OCH3 is 1. The maximum Gasteiger partial charge on any atom is 0.337 e. The van der Waals surface area contributed by atoms with Crippen LogP contribution in [0.3, 0.4) is 0 Å². The van der Waals surface area contributed by atoms with Crippen LogP contribution in [-0.4, -0.2) is 24.1 Å². The summed E-state index contributed by atoms with van der Waals surface area (Å²) in [6.45, 7) is 4.15. The first-order valence-electron chi connectivity index (χ1n) is 10.6. The van der Waals surface area contributed by atoms with E-state index in [4.69, 9.17) is 9.47 Å². The van der Waals surface area contributed by atoms with Gasteiger partial charge in [-0.25, -0.2) is 4.79 Å². The highest BCUT2D eigenvalue weighted by Gasteiger charge is 2.19. The molecule has 2 aromatic rings. The van der Waals surface area contributed by atoms with Crippen LogP contribution in [-0.2, 0) is 4.74 Å². The summed E-state index contributed by atoms with van der Waals surface area (Å²) in [5, 5.41) is 11.6. The molecule has 2 aromatic carbocycles. The van der Waals surface area contributed by atoms with E-state index in [2.05, 4.69) is 6.92 Å². The lowest BCUT2D eigenvalue weighted by molar-refractivity contribution is -0.386. The molecule has 0 saturated carbocycles. The summed E-state index contributed by atoms with van der Waals surface area (Å²) >= 11 is 0. The predicted octanol–water partition coefficient (Wildman–Crippen LogP) is 6.57. The molecule has 0 saturated heterocycles. The highest BCUT2D eigenvalue weighted by Crippen LogP contribution is 2.33.